The molecule has 0 aliphatic heterocycles. The van der Waals surface area contributed by atoms with Crippen molar-refractivity contribution in [2.24, 2.45) is 0 Å². The van der Waals surface area contributed by atoms with E-state index >= 15 is 0 Å². The van der Waals surface area contributed by atoms with Crippen molar-refractivity contribution < 1.29 is 13.0 Å². The molecule has 17 heavy (non-hydrogen) atoms. The van der Waals surface area contributed by atoms with Crippen molar-refractivity contribution in [3.63, 3.8) is 0 Å². The molecule has 0 aromatic heterocycles. The second-order valence-corrected chi connectivity index (χ2v) is 6.35. The highest BCUT2D eigenvalue weighted by Crippen LogP contribution is 2.16. The Morgan fingerprint density at radius 2 is 1.94 bits per heavy atom. The maximum Gasteiger partial charge on any atom is 0.264 e. The van der Waals surface area contributed by atoms with E-state index in [1.165, 1.54) is 0 Å². The zero-order valence-corrected chi connectivity index (χ0v) is 12.0. The fourth-order valence-electron chi connectivity index (χ4n) is 1.44. The van der Waals surface area contributed by atoms with Gasteiger partial charge in [0.2, 0.25) is 0 Å². The molecular formula is C11H16BrNO3S. The molecule has 0 aliphatic carbocycles. The molecule has 0 radical (unpaired) electrons. The smallest absolute Gasteiger partial charge is 0.264 e. The maximum atomic E-state index is 10.5. The van der Waals surface area contributed by atoms with Crippen LogP contribution in [0.2, 0.25) is 0 Å². The highest BCUT2D eigenvalue weighted by molar-refractivity contribution is 9.10. The molecule has 0 spiro atoms. The monoisotopic (exact) mass is 321 g/mol. The van der Waals surface area contributed by atoms with Crippen LogP contribution in [0.1, 0.15) is 24.9 Å². The summed E-state index contributed by atoms with van der Waals surface area (Å²) in [5.41, 5.74) is 1.14. The molecule has 0 heterocycles. The Morgan fingerprint density at radius 3 is 2.47 bits per heavy atom. The standard InChI is InChI=1S/C11H16BrNO3S/c1-9(10-3-5-11(12)6-4-10)13-7-2-8-17(14,15)16/h3-6,9,13H,2,7-8H2,1H3,(H,14,15,16)/t9-/m0/s1. The minimum absolute atomic E-state index is 0.157. The normalized spacial score (nSPS) is 13.6. The number of rotatable bonds is 6. The molecule has 0 aliphatic rings. The summed E-state index contributed by atoms with van der Waals surface area (Å²) >= 11 is 3.37. The van der Waals surface area contributed by atoms with Gasteiger partial charge in [-0.2, -0.15) is 8.42 Å². The van der Waals surface area contributed by atoms with Gasteiger partial charge in [0.1, 0.15) is 0 Å². The molecule has 0 saturated carbocycles. The van der Waals surface area contributed by atoms with E-state index < -0.39 is 10.1 Å². The second kappa shape index (κ2) is 6.49. The van der Waals surface area contributed by atoms with Crippen molar-refractivity contribution in [2.75, 3.05) is 12.3 Å². The zero-order chi connectivity index (χ0) is 12.9. The average Bonchev–Trinajstić information content (AvgIpc) is 2.24. The molecule has 1 aromatic rings. The highest BCUT2D eigenvalue weighted by atomic mass is 79.9. The van der Waals surface area contributed by atoms with Gasteiger partial charge in [0.15, 0.2) is 0 Å². The number of hydrogen-bond acceptors (Lipinski definition) is 3. The Bertz CT molecular complexity index is 444. The lowest BCUT2D eigenvalue weighted by atomic mass is 10.1. The van der Waals surface area contributed by atoms with Gasteiger partial charge >= 0.3 is 0 Å². The molecule has 2 N–H and O–H groups in total. The van der Waals surface area contributed by atoms with E-state index in [4.69, 9.17) is 4.55 Å². The van der Waals surface area contributed by atoms with Crippen LogP contribution in [0.4, 0.5) is 0 Å². The van der Waals surface area contributed by atoms with Crippen LogP contribution in [0.25, 0.3) is 0 Å². The quantitative estimate of drug-likeness (QED) is 0.623. The van der Waals surface area contributed by atoms with E-state index in [1.807, 2.05) is 31.2 Å². The van der Waals surface area contributed by atoms with Crippen molar-refractivity contribution >= 4 is 26.0 Å². The van der Waals surface area contributed by atoms with Crippen LogP contribution >= 0.6 is 15.9 Å². The van der Waals surface area contributed by atoms with Crippen molar-refractivity contribution in [3.05, 3.63) is 34.3 Å². The minimum Gasteiger partial charge on any atom is -0.310 e. The van der Waals surface area contributed by atoms with E-state index in [-0.39, 0.29) is 11.8 Å². The van der Waals surface area contributed by atoms with Crippen LogP contribution in [0.5, 0.6) is 0 Å². The Morgan fingerprint density at radius 1 is 1.35 bits per heavy atom. The largest absolute Gasteiger partial charge is 0.310 e. The van der Waals surface area contributed by atoms with Crippen molar-refractivity contribution in [3.8, 4) is 0 Å². The van der Waals surface area contributed by atoms with Crippen molar-refractivity contribution in [2.45, 2.75) is 19.4 Å². The molecule has 6 heteroatoms. The maximum absolute atomic E-state index is 10.5. The summed E-state index contributed by atoms with van der Waals surface area (Å²) in [4.78, 5) is 0. The highest BCUT2D eigenvalue weighted by Gasteiger charge is 2.06. The first-order chi connectivity index (χ1) is 7.88. The molecule has 4 nitrogen and oxygen atoms in total. The lowest BCUT2D eigenvalue weighted by Crippen LogP contribution is -2.21. The number of hydrogen-bond donors (Lipinski definition) is 2. The lowest BCUT2D eigenvalue weighted by molar-refractivity contribution is 0.477. The van der Waals surface area contributed by atoms with Gasteiger partial charge in [-0.3, -0.25) is 4.55 Å². The van der Waals surface area contributed by atoms with E-state index in [9.17, 15) is 8.42 Å². The van der Waals surface area contributed by atoms with Crippen LogP contribution in [0.3, 0.4) is 0 Å². The van der Waals surface area contributed by atoms with Gasteiger partial charge in [-0.05, 0) is 37.6 Å². The third kappa shape index (κ3) is 6.16. The third-order valence-electron chi connectivity index (χ3n) is 2.40. The molecule has 1 aromatic carbocycles. The summed E-state index contributed by atoms with van der Waals surface area (Å²) in [5.74, 6) is -0.201. The number of halogens is 1. The van der Waals surface area contributed by atoms with Gasteiger partial charge in [0.05, 0.1) is 5.75 Å². The fourth-order valence-corrected chi connectivity index (χ4v) is 2.22. The molecule has 1 atom stereocenters. The Balaban J connectivity index is 2.35. The first-order valence-electron chi connectivity index (χ1n) is 5.32. The molecule has 0 saturated heterocycles. The van der Waals surface area contributed by atoms with E-state index in [0.29, 0.717) is 13.0 Å². The van der Waals surface area contributed by atoms with Gasteiger partial charge in [0.25, 0.3) is 10.1 Å². The first kappa shape index (κ1) is 14.6. The lowest BCUT2D eigenvalue weighted by Gasteiger charge is -2.13. The first-order valence-corrected chi connectivity index (χ1v) is 7.73. The van der Waals surface area contributed by atoms with Crippen LogP contribution in [-0.4, -0.2) is 25.3 Å². The zero-order valence-electron chi connectivity index (χ0n) is 9.56. The molecular weight excluding hydrogens is 306 g/mol. The Kier molecular flexibility index (Phi) is 5.58. The van der Waals surface area contributed by atoms with Crippen LogP contribution in [0, 0.1) is 0 Å². The van der Waals surface area contributed by atoms with Gasteiger partial charge in [-0.15, -0.1) is 0 Å². The summed E-state index contributed by atoms with van der Waals surface area (Å²) in [5, 5.41) is 3.20. The predicted octanol–water partition coefficient (Wildman–Crippen LogP) is 2.38. The molecule has 1 rings (SSSR count). The summed E-state index contributed by atoms with van der Waals surface area (Å²) in [6.07, 6.45) is 0.402. The topological polar surface area (TPSA) is 66.4 Å². The average molecular weight is 322 g/mol. The van der Waals surface area contributed by atoms with Gasteiger partial charge in [-0.25, -0.2) is 0 Å². The van der Waals surface area contributed by atoms with Gasteiger partial charge < -0.3 is 5.32 Å². The SMILES string of the molecule is C[C@H](NCCCS(=O)(=O)O)c1ccc(Br)cc1. The van der Waals surface area contributed by atoms with Crippen molar-refractivity contribution in [1.29, 1.82) is 0 Å². The Labute approximate surface area is 110 Å². The predicted molar refractivity (Wildman–Crippen MR) is 71.6 cm³/mol. The molecule has 0 amide bonds. The molecule has 0 unspecified atom stereocenters. The summed E-state index contributed by atoms with van der Waals surface area (Å²) < 4.78 is 30.6. The van der Waals surface area contributed by atoms with Crippen LogP contribution in [-0.2, 0) is 10.1 Å². The van der Waals surface area contributed by atoms with Crippen LogP contribution < -0.4 is 5.32 Å². The van der Waals surface area contributed by atoms with E-state index in [1.54, 1.807) is 0 Å². The van der Waals surface area contributed by atoms with Gasteiger partial charge in [0, 0.05) is 10.5 Å². The molecule has 96 valence electrons. The molecule has 0 fully saturated rings. The van der Waals surface area contributed by atoms with Crippen LogP contribution in [0.15, 0.2) is 28.7 Å². The Hall–Kier alpha value is -0.430. The number of nitrogens with one attached hydrogen (secondary N) is 1. The van der Waals surface area contributed by atoms with Crippen molar-refractivity contribution in [1.82, 2.24) is 5.32 Å². The van der Waals surface area contributed by atoms with E-state index in [2.05, 4.69) is 21.2 Å². The number of benzene rings is 1. The van der Waals surface area contributed by atoms with Gasteiger partial charge in [-0.1, -0.05) is 28.1 Å². The molecule has 0 bridgehead atoms. The summed E-state index contributed by atoms with van der Waals surface area (Å²) in [7, 11) is -3.84. The van der Waals surface area contributed by atoms with E-state index in [0.717, 1.165) is 10.0 Å². The summed E-state index contributed by atoms with van der Waals surface area (Å²) in [6.45, 7) is 2.56. The summed E-state index contributed by atoms with van der Waals surface area (Å²) in [6, 6.07) is 8.09. The fraction of sp³-hybridized carbons (Fsp3) is 0.455. The minimum atomic E-state index is -3.84. The second-order valence-electron chi connectivity index (χ2n) is 3.87. The third-order valence-corrected chi connectivity index (χ3v) is 3.73.